The Labute approximate surface area is 219 Å². The molecule has 0 atom stereocenters. The van der Waals surface area contributed by atoms with Crippen molar-refractivity contribution in [2.45, 2.75) is 32.1 Å². The van der Waals surface area contributed by atoms with E-state index in [1.54, 1.807) is 10.4 Å². The van der Waals surface area contributed by atoms with Gasteiger partial charge in [0.15, 0.2) is 5.13 Å². The number of aryl methyl sites for hydroxylation is 1. The number of nitrogens with zero attached hydrogens (tertiary/aromatic N) is 6. The van der Waals surface area contributed by atoms with Gasteiger partial charge in [-0.15, -0.1) is 11.3 Å². The molecule has 8 nitrogen and oxygen atoms in total. The number of sulfonamides is 1. The number of halogens is 1. The minimum Gasteiger partial charge on any atom is -0.305 e. The van der Waals surface area contributed by atoms with Gasteiger partial charge in [-0.2, -0.15) is 5.26 Å². The Morgan fingerprint density at radius 1 is 1.22 bits per heavy atom. The van der Waals surface area contributed by atoms with Crippen molar-refractivity contribution in [3.05, 3.63) is 64.5 Å². The van der Waals surface area contributed by atoms with Gasteiger partial charge in [-0.05, 0) is 55.0 Å². The molecule has 0 spiro atoms. The first-order valence-electron chi connectivity index (χ1n) is 12.0. The first-order chi connectivity index (χ1) is 17.7. The highest BCUT2D eigenvalue weighted by Crippen LogP contribution is 2.36. The predicted octanol–water partition coefficient (Wildman–Crippen LogP) is 4.94. The number of hydrogen-bond donors (Lipinski definition) is 0. The lowest BCUT2D eigenvalue weighted by Gasteiger charge is -2.30. The Kier molecular flexibility index (Phi) is 6.74. The van der Waals surface area contributed by atoms with Gasteiger partial charge in [0, 0.05) is 37.3 Å². The number of anilines is 2. The van der Waals surface area contributed by atoms with Crippen LogP contribution in [0.1, 0.15) is 42.5 Å². The second-order valence-electron chi connectivity index (χ2n) is 9.24. The van der Waals surface area contributed by atoms with Gasteiger partial charge in [-0.3, -0.25) is 4.40 Å². The lowest BCUT2D eigenvalue weighted by atomic mass is 9.91. The summed E-state index contributed by atoms with van der Waals surface area (Å²) in [6, 6.07) is 10.3. The number of aromatic nitrogens is 3. The van der Waals surface area contributed by atoms with Crippen molar-refractivity contribution < 1.29 is 12.8 Å². The van der Waals surface area contributed by atoms with Crippen molar-refractivity contribution in [2.24, 2.45) is 0 Å². The molecular weight excluding hydrogens is 511 g/mol. The molecule has 0 amide bonds. The predicted molar refractivity (Wildman–Crippen MR) is 143 cm³/mol. The van der Waals surface area contributed by atoms with Crippen LogP contribution < -0.4 is 4.90 Å². The second-order valence-corrected chi connectivity index (χ2v) is 12.1. The molecule has 1 fully saturated rings. The van der Waals surface area contributed by atoms with Crippen molar-refractivity contribution in [3.8, 4) is 17.3 Å². The third-order valence-electron chi connectivity index (χ3n) is 6.89. The molecule has 4 heterocycles. The van der Waals surface area contributed by atoms with Gasteiger partial charge in [0.1, 0.15) is 17.3 Å². The van der Waals surface area contributed by atoms with Crippen LogP contribution in [0.25, 0.3) is 16.9 Å². The average Bonchev–Trinajstić information content (AvgIpc) is 3.52. The maximum atomic E-state index is 13.6. The Balaban J connectivity index is 1.48. The van der Waals surface area contributed by atoms with E-state index in [0.29, 0.717) is 24.3 Å². The fourth-order valence-electron chi connectivity index (χ4n) is 4.92. The van der Waals surface area contributed by atoms with E-state index in [2.05, 4.69) is 29.7 Å². The summed E-state index contributed by atoms with van der Waals surface area (Å²) in [5, 5.41) is 12.0. The molecule has 1 saturated heterocycles. The average molecular weight is 539 g/mol. The van der Waals surface area contributed by atoms with Crippen LogP contribution in [0.5, 0.6) is 0 Å². The van der Waals surface area contributed by atoms with Crippen LogP contribution in [0.3, 0.4) is 0 Å². The Morgan fingerprint density at radius 2 is 1.97 bits per heavy atom. The summed E-state index contributed by atoms with van der Waals surface area (Å²) in [6.07, 6.45) is 5.65. The Bertz CT molecular complexity index is 1610. The van der Waals surface area contributed by atoms with Crippen molar-refractivity contribution in [3.63, 3.8) is 0 Å². The summed E-state index contributed by atoms with van der Waals surface area (Å²) >= 11 is 1.44. The van der Waals surface area contributed by atoms with Gasteiger partial charge < -0.3 is 4.90 Å². The standard InChI is InChI=1S/C26H27FN6O2S2/c1-4-22-25(31(2)26-30-23(16-36-26)21-7-6-20(27)13-19(21)14-28)33-15-18(5-8-24(33)29-22)17-9-11-32(12-10-17)37(3,34)35/h5-8,13,15-17H,4,9-12H2,1-3H3. The van der Waals surface area contributed by atoms with Gasteiger partial charge in [0.2, 0.25) is 10.0 Å². The highest BCUT2D eigenvalue weighted by atomic mass is 32.2. The van der Waals surface area contributed by atoms with Crippen LogP contribution in [-0.2, 0) is 16.4 Å². The number of nitriles is 1. The first kappa shape index (κ1) is 25.3. The van der Waals surface area contributed by atoms with Gasteiger partial charge in [-0.1, -0.05) is 13.0 Å². The molecule has 37 heavy (non-hydrogen) atoms. The quantitative estimate of drug-likeness (QED) is 0.345. The van der Waals surface area contributed by atoms with E-state index in [1.165, 1.54) is 29.7 Å². The largest absolute Gasteiger partial charge is 0.305 e. The molecule has 0 unspecified atom stereocenters. The number of rotatable bonds is 6. The molecule has 0 saturated carbocycles. The molecule has 0 aliphatic carbocycles. The van der Waals surface area contributed by atoms with Gasteiger partial charge in [0.25, 0.3) is 0 Å². The molecule has 4 aromatic rings. The number of fused-ring (bicyclic) bond motifs is 1. The SMILES string of the molecule is CCc1nc2ccc(C3CCN(S(C)(=O)=O)CC3)cn2c1N(C)c1nc(-c2ccc(F)cc2C#N)cs1. The van der Waals surface area contributed by atoms with E-state index in [9.17, 15) is 18.1 Å². The van der Waals surface area contributed by atoms with E-state index in [-0.39, 0.29) is 11.5 Å². The molecule has 3 aromatic heterocycles. The first-order valence-corrected chi connectivity index (χ1v) is 14.8. The van der Waals surface area contributed by atoms with E-state index in [4.69, 9.17) is 9.97 Å². The summed E-state index contributed by atoms with van der Waals surface area (Å²) < 4.78 is 41.1. The van der Waals surface area contributed by atoms with Crippen LogP contribution in [0.4, 0.5) is 15.3 Å². The second kappa shape index (κ2) is 9.85. The third kappa shape index (κ3) is 4.84. The molecule has 0 radical (unpaired) electrons. The molecule has 0 bridgehead atoms. The zero-order valence-electron chi connectivity index (χ0n) is 20.8. The molecule has 11 heteroatoms. The van der Waals surface area contributed by atoms with Gasteiger partial charge in [-0.25, -0.2) is 27.1 Å². The Morgan fingerprint density at radius 3 is 2.65 bits per heavy atom. The number of benzene rings is 1. The fraction of sp³-hybridized carbons (Fsp3) is 0.346. The zero-order chi connectivity index (χ0) is 26.3. The molecular formula is C26H27FN6O2S2. The number of thiazole rings is 1. The number of piperidine rings is 1. The molecule has 1 aliphatic heterocycles. The van der Waals surface area contributed by atoms with Crippen LogP contribution in [0.15, 0.2) is 41.9 Å². The van der Waals surface area contributed by atoms with Gasteiger partial charge in [0.05, 0.1) is 29.3 Å². The highest BCUT2D eigenvalue weighted by molar-refractivity contribution is 7.88. The minimum atomic E-state index is -3.17. The maximum absolute atomic E-state index is 13.6. The summed E-state index contributed by atoms with van der Waals surface area (Å²) in [5.74, 6) is 0.722. The maximum Gasteiger partial charge on any atom is 0.211 e. The van der Waals surface area contributed by atoms with Crippen LogP contribution >= 0.6 is 11.3 Å². The van der Waals surface area contributed by atoms with E-state index >= 15 is 0 Å². The molecule has 0 N–H and O–H groups in total. The highest BCUT2D eigenvalue weighted by Gasteiger charge is 2.27. The van der Waals surface area contributed by atoms with E-state index < -0.39 is 15.8 Å². The monoisotopic (exact) mass is 538 g/mol. The van der Waals surface area contributed by atoms with Crippen LogP contribution in [0.2, 0.25) is 0 Å². The number of imidazole rings is 1. The smallest absolute Gasteiger partial charge is 0.211 e. The van der Waals surface area contributed by atoms with Crippen molar-refractivity contribution in [2.75, 3.05) is 31.3 Å². The topological polar surface area (TPSA) is 94.6 Å². The third-order valence-corrected chi connectivity index (χ3v) is 9.11. The van der Waals surface area contributed by atoms with E-state index in [0.717, 1.165) is 47.1 Å². The summed E-state index contributed by atoms with van der Waals surface area (Å²) in [5.41, 5.74) is 4.38. The summed E-state index contributed by atoms with van der Waals surface area (Å²) in [6.45, 7) is 3.11. The minimum absolute atomic E-state index is 0.245. The van der Waals surface area contributed by atoms with Crippen molar-refractivity contribution >= 4 is 38.0 Å². The van der Waals surface area contributed by atoms with Crippen LogP contribution in [0, 0.1) is 17.1 Å². The fourth-order valence-corrected chi connectivity index (χ4v) is 6.58. The summed E-state index contributed by atoms with van der Waals surface area (Å²) in [4.78, 5) is 11.6. The van der Waals surface area contributed by atoms with Crippen molar-refractivity contribution in [1.29, 1.82) is 5.26 Å². The van der Waals surface area contributed by atoms with Crippen LogP contribution in [-0.4, -0.2) is 53.5 Å². The number of hydrogen-bond acceptors (Lipinski definition) is 7. The normalized spacial score (nSPS) is 15.2. The summed E-state index contributed by atoms with van der Waals surface area (Å²) in [7, 11) is -1.23. The Hall–Kier alpha value is -3.33. The zero-order valence-corrected chi connectivity index (χ0v) is 22.5. The number of pyridine rings is 1. The van der Waals surface area contributed by atoms with Crippen molar-refractivity contribution in [1.82, 2.24) is 18.7 Å². The molecule has 5 rings (SSSR count). The molecule has 192 valence electrons. The molecule has 1 aliphatic rings. The molecule has 1 aromatic carbocycles. The lowest BCUT2D eigenvalue weighted by molar-refractivity contribution is 0.321. The van der Waals surface area contributed by atoms with E-state index in [1.807, 2.05) is 23.4 Å². The lowest BCUT2D eigenvalue weighted by Crippen LogP contribution is -2.37. The van der Waals surface area contributed by atoms with Gasteiger partial charge >= 0.3 is 0 Å².